The van der Waals surface area contributed by atoms with Gasteiger partial charge in [0.25, 0.3) is 0 Å². The number of nitrogens with zero attached hydrogens (tertiary/aromatic N) is 4. The topological polar surface area (TPSA) is 76.4 Å². The Kier molecular flexibility index (Phi) is 8.73. The molecule has 0 atom stereocenters. The van der Waals surface area contributed by atoms with Crippen molar-refractivity contribution >= 4 is 29.9 Å². The van der Waals surface area contributed by atoms with Crippen LogP contribution in [0.3, 0.4) is 0 Å². The number of aromatic nitrogens is 3. The minimum atomic E-state index is 0. The van der Waals surface area contributed by atoms with E-state index in [-0.39, 0.29) is 24.0 Å². The highest BCUT2D eigenvalue weighted by molar-refractivity contribution is 14.0. The molecule has 0 saturated heterocycles. The third kappa shape index (κ3) is 6.22. The van der Waals surface area contributed by atoms with Gasteiger partial charge in [-0.15, -0.1) is 24.0 Å². The molecule has 8 heteroatoms. The van der Waals surface area contributed by atoms with Crippen molar-refractivity contribution in [2.24, 2.45) is 4.99 Å². The van der Waals surface area contributed by atoms with Crippen LogP contribution < -0.4 is 15.4 Å². The van der Waals surface area contributed by atoms with Crippen LogP contribution in [0.4, 0.5) is 0 Å². The first-order valence-electron chi connectivity index (χ1n) is 8.82. The van der Waals surface area contributed by atoms with E-state index in [0.29, 0.717) is 12.4 Å². The second-order valence-corrected chi connectivity index (χ2v) is 5.89. The van der Waals surface area contributed by atoms with E-state index in [0.717, 1.165) is 30.3 Å². The molecule has 148 valence electrons. The van der Waals surface area contributed by atoms with Gasteiger partial charge in [-0.2, -0.15) is 5.10 Å². The quantitative estimate of drug-likeness (QED) is 0.302. The Labute approximate surface area is 182 Å². The summed E-state index contributed by atoms with van der Waals surface area (Å²) in [5.74, 6) is 1.35. The zero-order valence-electron chi connectivity index (χ0n) is 16.0. The van der Waals surface area contributed by atoms with E-state index < -0.39 is 0 Å². The van der Waals surface area contributed by atoms with Gasteiger partial charge >= 0.3 is 0 Å². The summed E-state index contributed by atoms with van der Waals surface area (Å²) in [7, 11) is 3.37. The summed E-state index contributed by atoms with van der Waals surface area (Å²) in [6, 6.07) is 16.0. The highest BCUT2D eigenvalue weighted by Crippen LogP contribution is 2.09. The van der Waals surface area contributed by atoms with Crippen LogP contribution in [0.25, 0.3) is 5.69 Å². The summed E-state index contributed by atoms with van der Waals surface area (Å²) >= 11 is 0. The number of rotatable bonds is 7. The van der Waals surface area contributed by atoms with Crippen molar-refractivity contribution < 1.29 is 4.74 Å². The predicted octanol–water partition coefficient (Wildman–Crippen LogP) is 2.80. The van der Waals surface area contributed by atoms with Crippen LogP contribution in [0.5, 0.6) is 5.88 Å². The van der Waals surface area contributed by atoms with Crippen molar-refractivity contribution in [3.8, 4) is 11.6 Å². The zero-order chi connectivity index (χ0) is 18.9. The van der Waals surface area contributed by atoms with E-state index in [1.807, 2.05) is 35.1 Å². The zero-order valence-corrected chi connectivity index (χ0v) is 18.3. The lowest BCUT2D eigenvalue weighted by Gasteiger charge is -2.12. The van der Waals surface area contributed by atoms with Crippen LogP contribution in [-0.4, -0.2) is 41.4 Å². The Morgan fingerprint density at radius 1 is 1.11 bits per heavy atom. The minimum absolute atomic E-state index is 0. The summed E-state index contributed by atoms with van der Waals surface area (Å²) in [6.45, 7) is 1.36. The second kappa shape index (κ2) is 11.3. The number of guanidine groups is 1. The molecule has 0 unspecified atom stereocenters. The van der Waals surface area contributed by atoms with Crippen molar-refractivity contribution in [3.05, 3.63) is 72.2 Å². The molecule has 1 aromatic carbocycles. The number of hydrogen-bond donors (Lipinski definition) is 2. The highest BCUT2D eigenvalue weighted by atomic mass is 127. The average molecular weight is 492 g/mol. The van der Waals surface area contributed by atoms with E-state index >= 15 is 0 Å². The van der Waals surface area contributed by atoms with Gasteiger partial charge in [0.1, 0.15) is 0 Å². The fourth-order valence-electron chi connectivity index (χ4n) is 2.63. The number of benzene rings is 1. The Bertz CT molecular complexity index is 865. The number of halogens is 1. The second-order valence-electron chi connectivity index (χ2n) is 5.89. The highest BCUT2D eigenvalue weighted by Gasteiger charge is 2.02. The third-order valence-corrected chi connectivity index (χ3v) is 4.06. The Morgan fingerprint density at radius 2 is 1.93 bits per heavy atom. The number of ether oxygens (including phenoxy) is 1. The van der Waals surface area contributed by atoms with Gasteiger partial charge in [0, 0.05) is 32.1 Å². The molecule has 0 spiro atoms. The van der Waals surface area contributed by atoms with Crippen molar-refractivity contribution in [3.63, 3.8) is 0 Å². The molecule has 2 aromatic heterocycles. The lowest BCUT2D eigenvalue weighted by atomic mass is 10.1. The molecule has 0 aliphatic heterocycles. The summed E-state index contributed by atoms with van der Waals surface area (Å²) in [6.07, 6.45) is 4.61. The van der Waals surface area contributed by atoms with Crippen molar-refractivity contribution in [2.75, 3.05) is 20.7 Å². The number of nitrogens with one attached hydrogen (secondary N) is 2. The SMILES string of the molecule is CN=C(NCCc1ccc(-n2cccn2)cc1)NCc1cccc(OC)n1.I. The molecule has 0 amide bonds. The maximum Gasteiger partial charge on any atom is 0.213 e. The molecule has 3 rings (SSSR count). The molecule has 7 nitrogen and oxygen atoms in total. The molecule has 28 heavy (non-hydrogen) atoms. The molecular weight excluding hydrogens is 467 g/mol. The molecule has 0 aliphatic carbocycles. The number of aliphatic imine (C=N–C) groups is 1. The number of methoxy groups -OCH3 is 1. The van der Waals surface area contributed by atoms with Gasteiger partial charge in [-0.3, -0.25) is 4.99 Å². The fraction of sp³-hybridized carbons (Fsp3) is 0.250. The van der Waals surface area contributed by atoms with Gasteiger partial charge in [0.2, 0.25) is 5.88 Å². The molecule has 0 radical (unpaired) electrons. The van der Waals surface area contributed by atoms with Crippen LogP contribution in [0, 0.1) is 0 Å². The normalized spacial score (nSPS) is 10.9. The summed E-state index contributed by atoms with van der Waals surface area (Å²) in [5.41, 5.74) is 3.20. The first-order valence-corrected chi connectivity index (χ1v) is 8.82. The minimum Gasteiger partial charge on any atom is -0.481 e. The first-order chi connectivity index (χ1) is 13.3. The molecule has 2 N–H and O–H groups in total. The lowest BCUT2D eigenvalue weighted by Crippen LogP contribution is -2.38. The predicted molar refractivity (Wildman–Crippen MR) is 122 cm³/mol. The fourth-order valence-corrected chi connectivity index (χ4v) is 2.63. The van der Waals surface area contributed by atoms with E-state index in [1.165, 1.54) is 5.56 Å². The molecule has 0 aliphatic rings. The molecule has 3 aromatic rings. The Balaban J connectivity index is 0.00000280. The van der Waals surface area contributed by atoms with Crippen LogP contribution in [0.1, 0.15) is 11.3 Å². The number of pyridine rings is 1. The Hall–Kier alpha value is -2.62. The van der Waals surface area contributed by atoms with E-state index in [4.69, 9.17) is 4.74 Å². The average Bonchev–Trinajstić information content (AvgIpc) is 3.26. The van der Waals surface area contributed by atoms with Gasteiger partial charge in [-0.25, -0.2) is 9.67 Å². The summed E-state index contributed by atoms with van der Waals surface area (Å²) in [4.78, 5) is 8.63. The van der Waals surface area contributed by atoms with E-state index in [2.05, 4.69) is 50.0 Å². The summed E-state index contributed by atoms with van der Waals surface area (Å²) in [5, 5.41) is 10.8. The molecule has 0 saturated carbocycles. The molecule has 0 fully saturated rings. The largest absolute Gasteiger partial charge is 0.481 e. The van der Waals surface area contributed by atoms with E-state index in [9.17, 15) is 0 Å². The lowest BCUT2D eigenvalue weighted by molar-refractivity contribution is 0.396. The molecular formula is C20H25IN6O. The van der Waals surface area contributed by atoms with Crippen LogP contribution >= 0.6 is 24.0 Å². The first kappa shape index (κ1) is 21.7. The van der Waals surface area contributed by atoms with Crippen molar-refractivity contribution in [1.82, 2.24) is 25.4 Å². The number of hydrogen-bond acceptors (Lipinski definition) is 4. The third-order valence-electron chi connectivity index (χ3n) is 4.06. The molecule has 0 bridgehead atoms. The van der Waals surface area contributed by atoms with Gasteiger partial charge in [0.15, 0.2) is 5.96 Å². The van der Waals surface area contributed by atoms with Crippen LogP contribution in [-0.2, 0) is 13.0 Å². The smallest absolute Gasteiger partial charge is 0.213 e. The summed E-state index contributed by atoms with van der Waals surface area (Å²) < 4.78 is 6.99. The van der Waals surface area contributed by atoms with E-state index in [1.54, 1.807) is 20.4 Å². The van der Waals surface area contributed by atoms with Gasteiger partial charge in [0.05, 0.1) is 25.0 Å². The van der Waals surface area contributed by atoms with Crippen LogP contribution in [0.15, 0.2) is 65.9 Å². The Morgan fingerprint density at radius 3 is 2.61 bits per heavy atom. The standard InChI is InChI=1S/C20H24N6O.HI/c1-21-20(23-15-17-5-3-6-19(25-17)27-2)22-13-11-16-7-9-18(10-8-16)26-14-4-12-24-26;/h3-10,12,14H,11,13,15H2,1-2H3,(H2,21,22,23);1H. The van der Waals surface area contributed by atoms with Crippen LogP contribution in [0.2, 0.25) is 0 Å². The maximum atomic E-state index is 5.14. The monoisotopic (exact) mass is 492 g/mol. The molecule has 2 heterocycles. The van der Waals surface area contributed by atoms with Crippen molar-refractivity contribution in [1.29, 1.82) is 0 Å². The van der Waals surface area contributed by atoms with Gasteiger partial charge in [-0.1, -0.05) is 18.2 Å². The maximum absolute atomic E-state index is 5.14. The van der Waals surface area contributed by atoms with Gasteiger partial charge < -0.3 is 15.4 Å². The van der Waals surface area contributed by atoms with Gasteiger partial charge in [-0.05, 0) is 36.2 Å². The van der Waals surface area contributed by atoms with Crippen molar-refractivity contribution in [2.45, 2.75) is 13.0 Å².